The van der Waals surface area contributed by atoms with Crippen LogP contribution in [0.1, 0.15) is 10.4 Å². The van der Waals surface area contributed by atoms with Crippen LogP contribution in [0.15, 0.2) is 90.5 Å². The van der Waals surface area contributed by atoms with Gasteiger partial charge in [0.15, 0.2) is 0 Å². The van der Waals surface area contributed by atoms with Crippen molar-refractivity contribution in [3.8, 4) is 11.6 Å². The van der Waals surface area contributed by atoms with E-state index in [-0.39, 0.29) is 10.8 Å². The smallest absolute Gasteiger partial charge is 0.261 e. The number of methoxy groups -OCH3 is 1. The molecule has 2 aromatic carbocycles. The van der Waals surface area contributed by atoms with Crippen molar-refractivity contribution in [1.29, 1.82) is 0 Å². The number of ether oxygens (including phenoxy) is 1. The molecule has 0 aliphatic carbocycles. The molecule has 2 heterocycles. The van der Waals surface area contributed by atoms with Crippen molar-refractivity contribution < 1.29 is 17.9 Å². The number of pyridine rings is 1. The number of sulfonamides is 1. The topological polar surface area (TPSA) is 115 Å². The lowest BCUT2D eigenvalue weighted by Crippen LogP contribution is -2.15. The van der Waals surface area contributed by atoms with Crippen LogP contribution in [-0.2, 0) is 10.0 Å². The summed E-state index contributed by atoms with van der Waals surface area (Å²) in [7, 11) is -2.27. The number of hydrogen-bond acceptors (Lipinski definition) is 6. The van der Waals surface area contributed by atoms with Crippen LogP contribution in [-0.4, -0.2) is 36.0 Å². The van der Waals surface area contributed by atoms with Crippen molar-refractivity contribution in [1.82, 2.24) is 14.5 Å². The molecule has 32 heavy (non-hydrogen) atoms. The van der Waals surface area contributed by atoms with Crippen LogP contribution in [0, 0.1) is 0 Å². The molecule has 0 saturated carbocycles. The highest BCUT2D eigenvalue weighted by atomic mass is 32.2. The van der Waals surface area contributed by atoms with Gasteiger partial charge in [0.1, 0.15) is 17.9 Å². The lowest BCUT2D eigenvalue weighted by Gasteiger charge is -2.10. The molecule has 2 N–H and O–H groups in total. The summed E-state index contributed by atoms with van der Waals surface area (Å²) in [5, 5.41) is 2.74. The molecule has 0 bridgehead atoms. The Kier molecular flexibility index (Phi) is 5.86. The lowest BCUT2D eigenvalue weighted by molar-refractivity contribution is 0.102. The zero-order chi connectivity index (χ0) is 22.6. The Labute approximate surface area is 184 Å². The zero-order valence-electron chi connectivity index (χ0n) is 17.0. The van der Waals surface area contributed by atoms with E-state index in [9.17, 15) is 13.2 Å². The molecular weight excluding hydrogens is 430 g/mol. The number of hydrogen-bond donors (Lipinski definition) is 2. The molecule has 4 rings (SSSR count). The van der Waals surface area contributed by atoms with Crippen molar-refractivity contribution in [2.45, 2.75) is 4.90 Å². The Morgan fingerprint density at radius 3 is 2.28 bits per heavy atom. The second kappa shape index (κ2) is 8.90. The molecule has 1 amide bonds. The number of benzene rings is 2. The van der Waals surface area contributed by atoms with Gasteiger partial charge in [0, 0.05) is 23.6 Å². The fraction of sp³-hybridized carbons (Fsp3) is 0.0455. The lowest BCUT2D eigenvalue weighted by atomic mass is 10.2. The number of amides is 1. The first kappa shape index (κ1) is 21.1. The molecule has 0 fully saturated rings. The maximum atomic E-state index is 12.6. The second-order valence-electron chi connectivity index (χ2n) is 6.69. The Hall–Kier alpha value is -4.18. The normalized spacial score (nSPS) is 11.0. The number of anilines is 2. The average molecular weight is 449 g/mol. The molecule has 9 nitrogen and oxygen atoms in total. The predicted octanol–water partition coefficient (Wildman–Crippen LogP) is 3.33. The first-order valence-corrected chi connectivity index (χ1v) is 11.0. The SMILES string of the molecule is COc1ccc(NS(=O)(=O)c2ccc(C(=O)Nc3ccc(-n4ccnc4)nc3)cc2)cc1. The van der Waals surface area contributed by atoms with E-state index in [1.807, 2.05) is 0 Å². The third-order valence-corrected chi connectivity index (χ3v) is 5.94. The van der Waals surface area contributed by atoms with Gasteiger partial charge in [-0.25, -0.2) is 18.4 Å². The largest absolute Gasteiger partial charge is 0.497 e. The van der Waals surface area contributed by atoms with E-state index in [1.54, 1.807) is 59.7 Å². The number of carbonyl (C=O) groups excluding carboxylic acids is 1. The fourth-order valence-electron chi connectivity index (χ4n) is 2.87. The maximum Gasteiger partial charge on any atom is 0.261 e. The molecule has 0 spiro atoms. The quantitative estimate of drug-likeness (QED) is 0.447. The molecule has 0 aliphatic heterocycles. The molecule has 0 unspecified atom stereocenters. The third kappa shape index (κ3) is 4.76. The van der Waals surface area contributed by atoms with E-state index < -0.39 is 10.0 Å². The fourth-order valence-corrected chi connectivity index (χ4v) is 3.93. The molecule has 0 atom stereocenters. The Morgan fingerprint density at radius 1 is 0.969 bits per heavy atom. The number of aromatic nitrogens is 3. The van der Waals surface area contributed by atoms with Crippen molar-refractivity contribution in [2.75, 3.05) is 17.1 Å². The Balaban J connectivity index is 1.42. The van der Waals surface area contributed by atoms with Crippen molar-refractivity contribution in [3.63, 3.8) is 0 Å². The number of nitrogens with zero attached hydrogens (tertiary/aromatic N) is 3. The van der Waals surface area contributed by atoms with E-state index in [0.29, 0.717) is 28.5 Å². The minimum Gasteiger partial charge on any atom is -0.497 e. The predicted molar refractivity (Wildman–Crippen MR) is 120 cm³/mol. The van der Waals surface area contributed by atoms with Gasteiger partial charge >= 0.3 is 0 Å². The average Bonchev–Trinajstić information content (AvgIpc) is 3.35. The van der Waals surface area contributed by atoms with Gasteiger partial charge in [-0.2, -0.15) is 0 Å². The minimum atomic E-state index is -3.80. The van der Waals surface area contributed by atoms with E-state index in [1.165, 1.54) is 37.6 Å². The monoisotopic (exact) mass is 449 g/mol. The minimum absolute atomic E-state index is 0.0382. The highest BCUT2D eigenvalue weighted by molar-refractivity contribution is 7.92. The van der Waals surface area contributed by atoms with Crippen molar-refractivity contribution in [2.24, 2.45) is 0 Å². The summed E-state index contributed by atoms with van der Waals surface area (Å²) in [6.07, 6.45) is 6.57. The van der Waals surface area contributed by atoms with Gasteiger partial charge in [-0.15, -0.1) is 0 Å². The van der Waals surface area contributed by atoms with E-state index in [2.05, 4.69) is 20.0 Å². The number of imidazole rings is 1. The first-order valence-electron chi connectivity index (χ1n) is 9.47. The Bertz CT molecular complexity index is 1300. The van der Waals surface area contributed by atoms with E-state index in [0.717, 1.165) is 0 Å². The van der Waals surface area contributed by atoms with Crippen LogP contribution in [0.5, 0.6) is 5.75 Å². The number of carbonyl (C=O) groups is 1. The van der Waals surface area contributed by atoms with Crippen LogP contribution in [0.2, 0.25) is 0 Å². The summed E-state index contributed by atoms with van der Waals surface area (Å²) in [6.45, 7) is 0. The first-order chi connectivity index (χ1) is 15.4. The van der Waals surface area contributed by atoms with Crippen LogP contribution >= 0.6 is 0 Å². The summed E-state index contributed by atoms with van der Waals surface area (Å²) in [4.78, 5) is 20.8. The van der Waals surface area contributed by atoms with Crippen molar-refractivity contribution >= 4 is 27.3 Å². The molecule has 4 aromatic rings. The van der Waals surface area contributed by atoms with Crippen LogP contribution in [0.3, 0.4) is 0 Å². The summed E-state index contributed by atoms with van der Waals surface area (Å²) >= 11 is 0. The van der Waals surface area contributed by atoms with Gasteiger partial charge in [-0.05, 0) is 60.7 Å². The van der Waals surface area contributed by atoms with Crippen LogP contribution in [0.25, 0.3) is 5.82 Å². The van der Waals surface area contributed by atoms with Gasteiger partial charge in [0.2, 0.25) is 0 Å². The maximum absolute atomic E-state index is 12.6. The summed E-state index contributed by atoms with van der Waals surface area (Å²) < 4.78 is 34.5. The molecule has 0 aliphatic rings. The molecule has 0 saturated heterocycles. The molecule has 10 heteroatoms. The summed E-state index contributed by atoms with van der Waals surface area (Å²) in [6, 6.07) is 15.6. The van der Waals surface area contributed by atoms with Gasteiger partial charge in [-0.3, -0.25) is 14.1 Å². The zero-order valence-corrected chi connectivity index (χ0v) is 17.8. The number of rotatable bonds is 7. The highest BCUT2D eigenvalue weighted by Gasteiger charge is 2.15. The highest BCUT2D eigenvalue weighted by Crippen LogP contribution is 2.20. The third-order valence-electron chi connectivity index (χ3n) is 4.54. The van der Waals surface area contributed by atoms with Gasteiger partial charge in [0.05, 0.1) is 23.9 Å². The van der Waals surface area contributed by atoms with Gasteiger partial charge in [0.25, 0.3) is 15.9 Å². The summed E-state index contributed by atoms with van der Waals surface area (Å²) in [5.41, 5.74) is 1.23. The molecular formula is C22H19N5O4S. The molecule has 2 aromatic heterocycles. The van der Waals surface area contributed by atoms with Gasteiger partial charge < -0.3 is 10.1 Å². The molecule has 162 valence electrons. The van der Waals surface area contributed by atoms with Crippen LogP contribution < -0.4 is 14.8 Å². The van der Waals surface area contributed by atoms with Crippen molar-refractivity contribution in [3.05, 3.63) is 91.1 Å². The van der Waals surface area contributed by atoms with E-state index >= 15 is 0 Å². The van der Waals surface area contributed by atoms with E-state index in [4.69, 9.17) is 4.74 Å². The molecule has 0 radical (unpaired) electrons. The standard InChI is InChI=1S/C22H19N5O4S/c1-31-19-7-4-17(5-8-19)26-32(29,30)20-9-2-16(3-10-20)22(28)25-18-6-11-21(24-14-18)27-13-12-23-15-27/h2-15,26H,1H3,(H,25,28). The second-order valence-corrected chi connectivity index (χ2v) is 8.37. The summed E-state index contributed by atoms with van der Waals surface area (Å²) in [5.74, 6) is 0.906. The van der Waals surface area contributed by atoms with Crippen LogP contribution in [0.4, 0.5) is 11.4 Å². The Morgan fingerprint density at radius 2 is 1.69 bits per heavy atom. The van der Waals surface area contributed by atoms with Gasteiger partial charge in [-0.1, -0.05) is 0 Å². The number of nitrogens with one attached hydrogen (secondary N) is 2.